The van der Waals surface area contributed by atoms with Gasteiger partial charge < -0.3 is 4.57 Å². The van der Waals surface area contributed by atoms with E-state index in [-0.39, 0.29) is 4.90 Å². The maximum Gasteiger partial charge on any atom is 0.279 e. The number of fused-ring (bicyclic) bond motifs is 1. The van der Waals surface area contributed by atoms with E-state index in [0.717, 1.165) is 29.5 Å². The standard InChI is InChI=1S/C20H20ClN3O3S2/c1-23-18-16(21)6-5-7-17(18)28-20(23)22-19(25)14-8-10-15(11-9-14)29(26,27)24-12-3-2-4-13-24/h5-11H,2-4,12-13H2,1H3. The molecule has 2 heterocycles. The second kappa shape index (κ2) is 8.02. The molecule has 0 atom stereocenters. The summed E-state index contributed by atoms with van der Waals surface area (Å²) in [7, 11) is -1.71. The van der Waals surface area contributed by atoms with Gasteiger partial charge in [0.05, 0.1) is 20.1 Å². The predicted octanol–water partition coefficient (Wildman–Crippen LogP) is 3.81. The molecule has 0 spiro atoms. The van der Waals surface area contributed by atoms with E-state index < -0.39 is 15.9 Å². The molecular weight excluding hydrogens is 430 g/mol. The highest BCUT2D eigenvalue weighted by molar-refractivity contribution is 7.89. The van der Waals surface area contributed by atoms with E-state index >= 15 is 0 Å². The number of thiazole rings is 1. The summed E-state index contributed by atoms with van der Waals surface area (Å²) >= 11 is 7.63. The number of piperidine rings is 1. The number of hydrogen-bond acceptors (Lipinski definition) is 4. The lowest BCUT2D eigenvalue weighted by atomic mass is 10.2. The van der Waals surface area contributed by atoms with Crippen LogP contribution in [0.3, 0.4) is 0 Å². The van der Waals surface area contributed by atoms with Gasteiger partial charge in [-0.2, -0.15) is 9.30 Å². The fraction of sp³-hybridized carbons (Fsp3) is 0.300. The molecule has 1 fully saturated rings. The lowest BCUT2D eigenvalue weighted by Crippen LogP contribution is -2.35. The predicted molar refractivity (Wildman–Crippen MR) is 115 cm³/mol. The van der Waals surface area contributed by atoms with Gasteiger partial charge in [-0.3, -0.25) is 4.79 Å². The summed E-state index contributed by atoms with van der Waals surface area (Å²) in [6.45, 7) is 1.09. The Hall–Kier alpha value is -2.00. The fourth-order valence-corrected chi connectivity index (χ4v) is 6.36. The maximum atomic E-state index is 12.7. The van der Waals surface area contributed by atoms with E-state index in [1.54, 1.807) is 10.6 Å². The van der Waals surface area contributed by atoms with Crippen molar-refractivity contribution in [3.63, 3.8) is 0 Å². The Kier molecular flexibility index (Phi) is 5.61. The lowest BCUT2D eigenvalue weighted by Gasteiger charge is -2.25. The van der Waals surface area contributed by atoms with Crippen molar-refractivity contribution in [3.8, 4) is 0 Å². The summed E-state index contributed by atoms with van der Waals surface area (Å²) < 4.78 is 29.7. The molecule has 2 aromatic carbocycles. The molecule has 1 aliphatic rings. The van der Waals surface area contributed by atoms with Gasteiger partial charge in [-0.1, -0.05) is 35.4 Å². The van der Waals surface area contributed by atoms with E-state index in [9.17, 15) is 13.2 Å². The van der Waals surface area contributed by atoms with Crippen LogP contribution in [0.5, 0.6) is 0 Å². The van der Waals surface area contributed by atoms with E-state index in [0.29, 0.717) is 28.5 Å². The van der Waals surface area contributed by atoms with Crippen LogP contribution in [0.2, 0.25) is 5.02 Å². The van der Waals surface area contributed by atoms with Crippen LogP contribution in [0.15, 0.2) is 52.4 Å². The second-order valence-corrected chi connectivity index (χ2v) is 10.3. The van der Waals surface area contributed by atoms with Crippen LogP contribution in [0.4, 0.5) is 0 Å². The third kappa shape index (κ3) is 3.90. The van der Waals surface area contributed by atoms with Gasteiger partial charge in [0, 0.05) is 25.7 Å². The van der Waals surface area contributed by atoms with Gasteiger partial charge in [0.25, 0.3) is 5.91 Å². The maximum absolute atomic E-state index is 12.7. The number of halogens is 1. The Morgan fingerprint density at radius 3 is 2.41 bits per heavy atom. The van der Waals surface area contributed by atoms with Crippen molar-refractivity contribution in [2.45, 2.75) is 24.2 Å². The molecule has 3 aromatic rings. The topological polar surface area (TPSA) is 71.7 Å². The van der Waals surface area contributed by atoms with Crippen LogP contribution in [-0.4, -0.2) is 36.3 Å². The Labute approximate surface area is 178 Å². The fourth-order valence-electron chi connectivity index (χ4n) is 3.44. The van der Waals surface area contributed by atoms with E-state index in [1.807, 2.05) is 19.2 Å². The molecule has 0 radical (unpaired) electrons. The van der Waals surface area contributed by atoms with Crippen molar-refractivity contribution in [1.29, 1.82) is 0 Å². The number of hydrogen-bond donors (Lipinski definition) is 0. The number of benzene rings is 2. The molecule has 0 aliphatic carbocycles. The lowest BCUT2D eigenvalue weighted by molar-refractivity contribution is 0.0998. The molecule has 1 aromatic heterocycles. The number of rotatable bonds is 3. The number of aryl methyl sites for hydroxylation is 1. The number of aromatic nitrogens is 1. The molecule has 0 saturated carbocycles. The Balaban J connectivity index is 1.63. The van der Waals surface area contributed by atoms with Crippen LogP contribution >= 0.6 is 22.9 Å². The summed E-state index contributed by atoms with van der Waals surface area (Å²) in [6.07, 6.45) is 2.82. The van der Waals surface area contributed by atoms with Crippen molar-refractivity contribution < 1.29 is 13.2 Å². The first kappa shape index (κ1) is 20.3. The van der Waals surface area contributed by atoms with Gasteiger partial charge in [0.1, 0.15) is 0 Å². The SMILES string of the molecule is Cn1c(=NC(=O)c2ccc(S(=O)(=O)N3CCCCC3)cc2)sc2cccc(Cl)c21. The molecule has 1 saturated heterocycles. The van der Waals surface area contributed by atoms with Crippen LogP contribution in [-0.2, 0) is 17.1 Å². The van der Waals surface area contributed by atoms with Crippen LogP contribution in [0.25, 0.3) is 10.2 Å². The van der Waals surface area contributed by atoms with Crippen molar-refractivity contribution >= 4 is 49.1 Å². The molecule has 0 unspecified atom stereocenters. The first-order valence-electron chi connectivity index (χ1n) is 9.31. The quantitative estimate of drug-likeness (QED) is 0.610. The highest BCUT2D eigenvalue weighted by atomic mass is 35.5. The molecule has 1 amide bonds. The number of para-hydroxylation sites is 1. The van der Waals surface area contributed by atoms with Gasteiger partial charge in [0.15, 0.2) is 4.80 Å². The van der Waals surface area contributed by atoms with Crippen molar-refractivity contribution in [2.24, 2.45) is 12.0 Å². The zero-order valence-corrected chi connectivity index (χ0v) is 18.2. The molecule has 0 N–H and O–H groups in total. The van der Waals surface area contributed by atoms with Gasteiger partial charge >= 0.3 is 0 Å². The summed E-state index contributed by atoms with van der Waals surface area (Å²) in [4.78, 5) is 17.6. The van der Waals surface area contributed by atoms with Crippen LogP contribution in [0.1, 0.15) is 29.6 Å². The summed E-state index contributed by atoms with van der Waals surface area (Å²) in [6, 6.07) is 11.6. The minimum atomic E-state index is -3.52. The monoisotopic (exact) mass is 449 g/mol. The van der Waals surface area contributed by atoms with Crippen molar-refractivity contribution in [1.82, 2.24) is 8.87 Å². The molecule has 1 aliphatic heterocycles. The largest absolute Gasteiger partial charge is 0.318 e. The zero-order chi connectivity index (χ0) is 20.6. The third-order valence-electron chi connectivity index (χ3n) is 5.02. The van der Waals surface area contributed by atoms with Crippen LogP contribution in [0, 0.1) is 0 Å². The number of carbonyl (C=O) groups excluding carboxylic acids is 1. The second-order valence-electron chi connectivity index (χ2n) is 6.94. The molecule has 4 rings (SSSR count). The number of nitrogens with zero attached hydrogens (tertiary/aromatic N) is 3. The minimum Gasteiger partial charge on any atom is -0.318 e. The molecular formula is C20H20ClN3O3S2. The van der Waals surface area contributed by atoms with E-state index in [1.165, 1.54) is 39.9 Å². The average Bonchev–Trinajstić information content (AvgIpc) is 3.05. The average molecular weight is 450 g/mol. The summed E-state index contributed by atoms with van der Waals surface area (Å²) in [5.41, 5.74) is 1.17. The Morgan fingerprint density at radius 1 is 1.07 bits per heavy atom. The summed E-state index contributed by atoms with van der Waals surface area (Å²) in [5, 5.41) is 0.599. The Morgan fingerprint density at radius 2 is 1.76 bits per heavy atom. The number of sulfonamides is 1. The first-order valence-corrected chi connectivity index (χ1v) is 11.9. The van der Waals surface area contributed by atoms with Gasteiger partial charge in [-0.25, -0.2) is 8.42 Å². The van der Waals surface area contributed by atoms with Crippen molar-refractivity contribution in [3.05, 3.63) is 57.9 Å². The molecule has 9 heteroatoms. The highest BCUT2D eigenvalue weighted by Crippen LogP contribution is 2.25. The van der Waals surface area contributed by atoms with Crippen molar-refractivity contribution in [2.75, 3.05) is 13.1 Å². The normalized spacial score (nSPS) is 16.4. The molecule has 0 bridgehead atoms. The van der Waals surface area contributed by atoms with E-state index in [4.69, 9.17) is 11.6 Å². The smallest absolute Gasteiger partial charge is 0.279 e. The number of carbonyl (C=O) groups is 1. The van der Waals surface area contributed by atoms with Gasteiger partial charge in [0.2, 0.25) is 10.0 Å². The third-order valence-corrected chi connectivity index (χ3v) is 8.34. The number of amides is 1. The van der Waals surface area contributed by atoms with Gasteiger partial charge in [-0.05, 0) is 49.2 Å². The molecule has 152 valence electrons. The minimum absolute atomic E-state index is 0.204. The first-order chi connectivity index (χ1) is 13.9. The van der Waals surface area contributed by atoms with E-state index in [2.05, 4.69) is 4.99 Å². The highest BCUT2D eigenvalue weighted by Gasteiger charge is 2.25. The molecule has 6 nitrogen and oxygen atoms in total. The van der Waals surface area contributed by atoms with Crippen LogP contribution < -0.4 is 4.80 Å². The zero-order valence-electron chi connectivity index (χ0n) is 15.8. The Bertz CT molecular complexity index is 1240. The summed E-state index contributed by atoms with van der Waals surface area (Å²) in [5.74, 6) is -0.426. The molecule has 29 heavy (non-hydrogen) atoms. The van der Waals surface area contributed by atoms with Gasteiger partial charge in [-0.15, -0.1) is 0 Å².